The fourth-order valence-corrected chi connectivity index (χ4v) is 5.74. The van der Waals surface area contributed by atoms with Gasteiger partial charge < -0.3 is 25.4 Å². The molecular formula is C28H34N6O2. The van der Waals surface area contributed by atoms with E-state index in [1.165, 1.54) is 11.1 Å². The van der Waals surface area contributed by atoms with Crippen molar-refractivity contribution in [2.24, 2.45) is 0 Å². The Balaban J connectivity index is 1.12. The van der Waals surface area contributed by atoms with Gasteiger partial charge in [0, 0.05) is 62.6 Å². The molecule has 1 aromatic heterocycles. The number of rotatable bonds is 5. The molecule has 8 heteroatoms. The second-order valence-corrected chi connectivity index (χ2v) is 9.90. The zero-order valence-electron chi connectivity index (χ0n) is 20.5. The van der Waals surface area contributed by atoms with E-state index in [1.807, 2.05) is 18.2 Å². The van der Waals surface area contributed by atoms with E-state index in [0.29, 0.717) is 13.2 Å². The van der Waals surface area contributed by atoms with Crippen LogP contribution in [0.15, 0.2) is 60.9 Å². The molecule has 3 aliphatic rings. The first-order valence-corrected chi connectivity index (χ1v) is 13.0. The molecular weight excluding hydrogens is 452 g/mol. The molecule has 3 aromatic rings. The summed E-state index contributed by atoms with van der Waals surface area (Å²) in [5.74, 6) is 1.57. The first-order valence-electron chi connectivity index (χ1n) is 13.0. The molecule has 0 radical (unpaired) electrons. The van der Waals surface area contributed by atoms with Crippen molar-refractivity contribution in [1.82, 2.24) is 20.2 Å². The standard InChI is InChI=1S/C28H34N6O2/c35-25-18-34(13-10-24(25)33-12-9-20-5-1-2-6-21(20)17-33)28-15-27(30-19-31-28)32-23-8-4-3-7-22(23)26-16-29-11-14-36-26/h1-8,15,19,24-26,29,35H,9-14,16-18H2,(H,30,31,32). The largest absolute Gasteiger partial charge is 0.390 e. The lowest BCUT2D eigenvalue weighted by Gasteiger charge is -2.43. The Labute approximate surface area is 212 Å². The maximum absolute atomic E-state index is 11.1. The van der Waals surface area contributed by atoms with Crippen LogP contribution in [0, 0.1) is 0 Å². The molecule has 3 N–H and O–H groups in total. The van der Waals surface area contributed by atoms with Crippen molar-refractivity contribution in [1.29, 1.82) is 0 Å². The molecule has 0 aliphatic carbocycles. The smallest absolute Gasteiger partial charge is 0.135 e. The third-order valence-electron chi connectivity index (χ3n) is 7.65. The van der Waals surface area contributed by atoms with Crippen LogP contribution in [-0.2, 0) is 17.7 Å². The maximum atomic E-state index is 11.1. The van der Waals surface area contributed by atoms with Gasteiger partial charge in [0.2, 0.25) is 0 Å². The molecule has 2 fully saturated rings. The minimum absolute atomic E-state index is 0.0136. The van der Waals surface area contributed by atoms with Crippen LogP contribution in [0.4, 0.5) is 17.3 Å². The fraction of sp³-hybridized carbons (Fsp3) is 0.429. The van der Waals surface area contributed by atoms with Crippen molar-refractivity contribution >= 4 is 17.3 Å². The predicted octanol–water partition coefficient (Wildman–Crippen LogP) is 2.88. The van der Waals surface area contributed by atoms with Gasteiger partial charge in [-0.15, -0.1) is 0 Å². The molecule has 6 rings (SSSR count). The van der Waals surface area contributed by atoms with Crippen molar-refractivity contribution in [3.8, 4) is 0 Å². The molecule has 188 valence electrons. The number of nitrogens with one attached hydrogen (secondary N) is 2. The first kappa shape index (κ1) is 23.4. The highest BCUT2D eigenvalue weighted by molar-refractivity contribution is 5.63. The number of anilines is 3. The normalized spacial score (nSPS) is 24.8. The van der Waals surface area contributed by atoms with E-state index in [2.05, 4.69) is 66.8 Å². The molecule has 0 bridgehead atoms. The Hall–Kier alpha value is -3.04. The van der Waals surface area contributed by atoms with Gasteiger partial charge in [-0.05, 0) is 30.0 Å². The number of para-hydroxylation sites is 1. The zero-order chi connectivity index (χ0) is 24.3. The van der Waals surface area contributed by atoms with Crippen LogP contribution in [-0.4, -0.2) is 71.5 Å². The minimum atomic E-state index is -0.424. The molecule has 4 heterocycles. The zero-order valence-corrected chi connectivity index (χ0v) is 20.5. The number of benzene rings is 2. The van der Waals surface area contributed by atoms with E-state index in [4.69, 9.17) is 4.74 Å². The molecule has 3 atom stereocenters. The average molecular weight is 487 g/mol. The number of morpholine rings is 1. The van der Waals surface area contributed by atoms with E-state index >= 15 is 0 Å². The summed E-state index contributed by atoms with van der Waals surface area (Å²) in [6, 6.07) is 19.0. The number of aromatic nitrogens is 2. The van der Waals surface area contributed by atoms with Crippen LogP contribution in [0.25, 0.3) is 0 Å². The topological polar surface area (TPSA) is 85.8 Å². The van der Waals surface area contributed by atoms with E-state index in [0.717, 1.165) is 68.5 Å². The summed E-state index contributed by atoms with van der Waals surface area (Å²) in [4.78, 5) is 13.6. The van der Waals surface area contributed by atoms with Gasteiger partial charge in [-0.1, -0.05) is 42.5 Å². The Morgan fingerprint density at radius 2 is 1.89 bits per heavy atom. The van der Waals surface area contributed by atoms with Crippen molar-refractivity contribution in [2.75, 3.05) is 49.5 Å². The number of fused-ring (bicyclic) bond motifs is 1. The highest BCUT2D eigenvalue weighted by Crippen LogP contribution is 2.30. The second-order valence-electron chi connectivity index (χ2n) is 9.90. The van der Waals surface area contributed by atoms with Gasteiger partial charge in [0.15, 0.2) is 0 Å². The number of ether oxygens (including phenoxy) is 1. The van der Waals surface area contributed by atoms with E-state index in [-0.39, 0.29) is 12.1 Å². The Kier molecular flexibility index (Phi) is 6.83. The number of aliphatic hydroxyl groups is 1. The number of nitrogens with zero attached hydrogens (tertiary/aromatic N) is 4. The second kappa shape index (κ2) is 10.5. The van der Waals surface area contributed by atoms with Crippen LogP contribution in [0.5, 0.6) is 0 Å². The molecule has 2 aromatic carbocycles. The van der Waals surface area contributed by atoms with Crippen LogP contribution in [0.3, 0.4) is 0 Å². The molecule has 2 saturated heterocycles. The van der Waals surface area contributed by atoms with E-state index in [9.17, 15) is 5.11 Å². The van der Waals surface area contributed by atoms with Crippen molar-refractivity contribution in [2.45, 2.75) is 37.6 Å². The minimum Gasteiger partial charge on any atom is -0.390 e. The highest BCUT2D eigenvalue weighted by atomic mass is 16.5. The molecule has 3 aliphatic heterocycles. The van der Waals surface area contributed by atoms with Gasteiger partial charge in [0.05, 0.1) is 18.8 Å². The Bertz CT molecular complexity index is 1180. The summed E-state index contributed by atoms with van der Waals surface area (Å²) in [6.45, 7) is 5.72. The molecule has 3 unspecified atom stereocenters. The fourth-order valence-electron chi connectivity index (χ4n) is 5.74. The maximum Gasteiger partial charge on any atom is 0.135 e. The molecule has 8 nitrogen and oxygen atoms in total. The van der Waals surface area contributed by atoms with Gasteiger partial charge >= 0.3 is 0 Å². The number of aliphatic hydroxyl groups excluding tert-OH is 1. The van der Waals surface area contributed by atoms with E-state index < -0.39 is 6.10 Å². The van der Waals surface area contributed by atoms with Gasteiger partial charge in [-0.2, -0.15) is 0 Å². The summed E-state index contributed by atoms with van der Waals surface area (Å²) in [6.07, 6.45) is 3.14. The van der Waals surface area contributed by atoms with Gasteiger partial charge in [0.1, 0.15) is 18.0 Å². The van der Waals surface area contributed by atoms with Crippen molar-refractivity contribution < 1.29 is 9.84 Å². The van der Waals surface area contributed by atoms with Gasteiger partial charge in [-0.3, -0.25) is 4.90 Å². The lowest BCUT2D eigenvalue weighted by molar-refractivity contribution is 0.0281. The highest BCUT2D eigenvalue weighted by Gasteiger charge is 2.34. The first-order chi connectivity index (χ1) is 17.7. The summed E-state index contributed by atoms with van der Waals surface area (Å²) in [5, 5.41) is 18.0. The summed E-state index contributed by atoms with van der Waals surface area (Å²) in [7, 11) is 0. The summed E-state index contributed by atoms with van der Waals surface area (Å²) < 4.78 is 5.98. The van der Waals surface area contributed by atoms with Crippen LogP contribution < -0.4 is 15.5 Å². The number of hydrogen-bond acceptors (Lipinski definition) is 8. The Morgan fingerprint density at radius 3 is 2.75 bits per heavy atom. The molecule has 36 heavy (non-hydrogen) atoms. The molecule has 0 saturated carbocycles. The van der Waals surface area contributed by atoms with Crippen LogP contribution in [0.2, 0.25) is 0 Å². The monoisotopic (exact) mass is 486 g/mol. The van der Waals surface area contributed by atoms with Crippen LogP contribution >= 0.6 is 0 Å². The lowest BCUT2D eigenvalue weighted by Crippen LogP contribution is -2.55. The SMILES string of the molecule is OC1CN(c2cc(Nc3ccccc3C3CNCCO3)ncn2)CCC1N1CCc2ccccc2C1. The van der Waals surface area contributed by atoms with Crippen LogP contribution in [0.1, 0.15) is 29.2 Å². The van der Waals surface area contributed by atoms with E-state index in [1.54, 1.807) is 6.33 Å². The number of hydrogen-bond donors (Lipinski definition) is 3. The summed E-state index contributed by atoms with van der Waals surface area (Å²) in [5.41, 5.74) is 4.93. The van der Waals surface area contributed by atoms with Crippen molar-refractivity contribution in [3.63, 3.8) is 0 Å². The predicted molar refractivity (Wildman–Crippen MR) is 141 cm³/mol. The third-order valence-corrected chi connectivity index (χ3v) is 7.65. The average Bonchev–Trinajstić information content (AvgIpc) is 2.94. The summed E-state index contributed by atoms with van der Waals surface area (Å²) >= 11 is 0. The van der Waals surface area contributed by atoms with Gasteiger partial charge in [0.25, 0.3) is 0 Å². The Morgan fingerprint density at radius 1 is 1.03 bits per heavy atom. The van der Waals surface area contributed by atoms with Gasteiger partial charge in [-0.25, -0.2) is 9.97 Å². The molecule has 0 amide bonds. The van der Waals surface area contributed by atoms with Crippen molar-refractivity contribution in [3.05, 3.63) is 77.6 Å². The number of piperidine rings is 1. The number of β-amino-alcohol motifs (C(OH)–C–C–N with tert-alkyl or cyclic N) is 1. The quantitative estimate of drug-likeness (QED) is 0.508. The third kappa shape index (κ3) is 4.95. The lowest BCUT2D eigenvalue weighted by atomic mass is 9.94. The molecule has 0 spiro atoms.